The number of hydrogen-bond donors (Lipinski definition) is 1. The predicted octanol–water partition coefficient (Wildman–Crippen LogP) is 2.03. The summed E-state index contributed by atoms with van der Waals surface area (Å²) in [5.74, 6) is 1.55. The van der Waals surface area contributed by atoms with E-state index in [9.17, 15) is 0 Å². The lowest BCUT2D eigenvalue weighted by Gasteiger charge is -2.33. The van der Waals surface area contributed by atoms with Crippen LogP contribution in [0.4, 0.5) is 0 Å². The SMILES string of the molecule is COCC(CN)(CC(C)C)C1CC1. The fraction of sp³-hybridized carbons (Fsp3) is 1.00. The van der Waals surface area contributed by atoms with Gasteiger partial charge in [-0.05, 0) is 31.1 Å². The molecular weight excluding hydrogens is 162 g/mol. The molecule has 0 aromatic heterocycles. The van der Waals surface area contributed by atoms with Gasteiger partial charge in [0, 0.05) is 19.1 Å². The third kappa shape index (κ3) is 2.68. The van der Waals surface area contributed by atoms with Crippen LogP contribution in [0.15, 0.2) is 0 Å². The van der Waals surface area contributed by atoms with Crippen molar-refractivity contribution < 1.29 is 4.74 Å². The van der Waals surface area contributed by atoms with E-state index in [1.165, 1.54) is 19.3 Å². The van der Waals surface area contributed by atoms with E-state index in [2.05, 4.69) is 13.8 Å². The molecule has 0 spiro atoms. The van der Waals surface area contributed by atoms with E-state index in [0.717, 1.165) is 25.0 Å². The molecule has 1 saturated carbocycles. The van der Waals surface area contributed by atoms with Crippen molar-refractivity contribution >= 4 is 0 Å². The molecule has 0 radical (unpaired) electrons. The minimum absolute atomic E-state index is 0.281. The van der Waals surface area contributed by atoms with Crippen molar-refractivity contribution in [1.82, 2.24) is 0 Å². The Morgan fingerprint density at radius 3 is 2.38 bits per heavy atom. The molecule has 0 aromatic rings. The third-order valence-corrected chi connectivity index (χ3v) is 3.10. The lowest BCUT2D eigenvalue weighted by Crippen LogP contribution is -2.38. The second-order valence-corrected chi connectivity index (χ2v) is 4.87. The maximum absolute atomic E-state index is 5.90. The van der Waals surface area contributed by atoms with Crippen molar-refractivity contribution in [3.63, 3.8) is 0 Å². The average molecular weight is 185 g/mol. The molecule has 2 N–H and O–H groups in total. The van der Waals surface area contributed by atoms with Crippen LogP contribution < -0.4 is 5.73 Å². The lowest BCUT2D eigenvalue weighted by atomic mass is 9.76. The zero-order valence-electron chi connectivity index (χ0n) is 9.18. The predicted molar refractivity (Wildman–Crippen MR) is 55.5 cm³/mol. The van der Waals surface area contributed by atoms with E-state index >= 15 is 0 Å². The first-order chi connectivity index (χ1) is 6.14. The van der Waals surface area contributed by atoms with Crippen LogP contribution in [0.3, 0.4) is 0 Å². The number of ether oxygens (including phenoxy) is 1. The zero-order valence-corrected chi connectivity index (χ0v) is 9.18. The molecule has 1 atom stereocenters. The third-order valence-electron chi connectivity index (χ3n) is 3.10. The zero-order chi connectivity index (χ0) is 9.90. The fourth-order valence-electron chi connectivity index (χ4n) is 2.45. The largest absolute Gasteiger partial charge is 0.384 e. The maximum atomic E-state index is 5.90. The Morgan fingerprint density at radius 1 is 1.46 bits per heavy atom. The molecule has 0 aromatic carbocycles. The Morgan fingerprint density at radius 2 is 2.08 bits per heavy atom. The second kappa shape index (κ2) is 4.43. The van der Waals surface area contributed by atoms with E-state index in [-0.39, 0.29) is 5.41 Å². The Balaban J connectivity index is 2.57. The molecule has 2 nitrogen and oxygen atoms in total. The van der Waals surface area contributed by atoms with Gasteiger partial charge in [0.1, 0.15) is 0 Å². The van der Waals surface area contributed by atoms with E-state index in [1.54, 1.807) is 7.11 Å². The van der Waals surface area contributed by atoms with Gasteiger partial charge in [-0.15, -0.1) is 0 Å². The summed E-state index contributed by atoms with van der Waals surface area (Å²) in [7, 11) is 1.78. The number of nitrogens with two attached hydrogens (primary N) is 1. The molecule has 1 aliphatic rings. The summed E-state index contributed by atoms with van der Waals surface area (Å²) in [6.07, 6.45) is 3.92. The molecule has 0 aliphatic heterocycles. The first-order valence-corrected chi connectivity index (χ1v) is 5.33. The topological polar surface area (TPSA) is 35.2 Å². The van der Waals surface area contributed by atoms with Gasteiger partial charge >= 0.3 is 0 Å². The average Bonchev–Trinajstić information content (AvgIpc) is 2.85. The molecule has 1 rings (SSSR count). The van der Waals surface area contributed by atoms with Crippen LogP contribution in [0.2, 0.25) is 0 Å². The van der Waals surface area contributed by atoms with E-state index < -0.39 is 0 Å². The smallest absolute Gasteiger partial charge is 0.0533 e. The Bertz CT molecular complexity index is 154. The van der Waals surface area contributed by atoms with Gasteiger partial charge in [0.25, 0.3) is 0 Å². The Hall–Kier alpha value is -0.0800. The van der Waals surface area contributed by atoms with Gasteiger partial charge in [-0.2, -0.15) is 0 Å². The summed E-state index contributed by atoms with van der Waals surface area (Å²) in [4.78, 5) is 0. The highest BCUT2D eigenvalue weighted by Gasteiger charge is 2.44. The van der Waals surface area contributed by atoms with Crippen LogP contribution in [-0.4, -0.2) is 20.3 Å². The second-order valence-electron chi connectivity index (χ2n) is 4.87. The molecule has 0 bridgehead atoms. The quantitative estimate of drug-likeness (QED) is 0.687. The summed E-state index contributed by atoms with van der Waals surface area (Å²) in [5, 5.41) is 0. The molecule has 13 heavy (non-hydrogen) atoms. The molecule has 1 fully saturated rings. The van der Waals surface area contributed by atoms with Gasteiger partial charge in [0.15, 0.2) is 0 Å². The van der Waals surface area contributed by atoms with Gasteiger partial charge in [-0.1, -0.05) is 13.8 Å². The van der Waals surface area contributed by atoms with Gasteiger partial charge in [-0.25, -0.2) is 0 Å². The minimum Gasteiger partial charge on any atom is -0.384 e. The summed E-state index contributed by atoms with van der Waals surface area (Å²) in [6, 6.07) is 0. The highest BCUT2D eigenvalue weighted by molar-refractivity contribution is 4.95. The monoisotopic (exact) mass is 185 g/mol. The highest BCUT2D eigenvalue weighted by Crippen LogP contribution is 2.48. The van der Waals surface area contributed by atoms with E-state index in [1.807, 2.05) is 0 Å². The summed E-state index contributed by atoms with van der Waals surface area (Å²) in [6.45, 7) is 6.15. The maximum Gasteiger partial charge on any atom is 0.0533 e. The minimum atomic E-state index is 0.281. The van der Waals surface area contributed by atoms with Crippen molar-refractivity contribution in [2.75, 3.05) is 20.3 Å². The van der Waals surface area contributed by atoms with Gasteiger partial charge in [0.05, 0.1) is 6.61 Å². The molecule has 0 amide bonds. The fourth-order valence-corrected chi connectivity index (χ4v) is 2.45. The van der Waals surface area contributed by atoms with Crippen LogP contribution in [-0.2, 0) is 4.74 Å². The van der Waals surface area contributed by atoms with Crippen molar-refractivity contribution in [2.24, 2.45) is 23.0 Å². The van der Waals surface area contributed by atoms with Gasteiger partial charge in [-0.3, -0.25) is 0 Å². The van der Waals surface area contributed by atoms with E-state index in [4.69, 9.17) is 10.5 Å². The van der Waals surface area contributed by atoms with Crippen LogP contribution in [0.25, 0.3) is 0 Å². The first kappa shape index (κ1) is 11.0. The van der Waals surface area contributed by atoms with Crippen LogP contribution in [0, 0.1) is 17.3 Å². The summed E-state index contributed by atoms with van der Waals surface area (Å²) >= 11 is 0. The van der Waals surface area contributed by atoms with Gasteiger partial charge in [0.2, 0.25) is 0 Å². The molecule has 1 unspecified atom stereocenters. The number of hydrogen-bond acceptors (Lipinski definition) is 2. The van der Waals surface area contributed by atoms with Crippen molar-refractivity contribution in [3.8, 4) is 0 Å². The summed E-state index contributed by atoms with van der Waals surface area (Å²) in [5.41, 5.74) is 6.18. The highest BCUT2D eigenvalue weighted by atomic mass is 16.5. The van der Waals surface area contributed by atoms with Crippen LogP contribution in [0.5, 0.6) is 0 Å². The van der Waals surface area contributed by atoms with Crippen molar-refractivity contribution in [2.45, 2.75) is 33.1 Å². The first-order valence-electron chi connectivity index (χ1n) is 5.33. The number of rotatable bonds is 6. The van der Waals surface area contributed by atoms with Crippen LogP contribution in [0.1, 0.15) is 33.1 Å². The molecule has 0 heterocycles. The normalized spacial score (nSPS) is 21.9. The number of methoxy groups -OCH3 is 1. The van der Waals surface area contributed by atoms with Crippen LogP contribution >= 0.6 is 0 Å². The molecule has 2 heteroatoms. The summed E-state index contributed by atoms with van der Waals surface area (Å²) < 4.78 is 5.32. The van der Waals surface area contributed by atoms with Gasteiger partial charge < -0.3 is 10.5 Å². The lowest BCUT2D eigenvalue weighted by molar-refractivity contribution is 0.0509. The van der Waals surface area contributed by atoms with Crippen molar-refractivity contribution in [1.29, 1.82) is 0 Å². The van der Waals surface area contributed by atoms with E-state index in [0.29, 0.717) is 0 Å². The Kier molecular flexibility index (Phi) is 3.74. The standard InChI is InChI=1S/C11H23NO/c1-9(2)6-11(7-12,8-13-3)10-4-5-10/h9-10H,4-8,12H2,1-3H3. The Labute approximate surface area is 81.8 Å². The molecule has 1 aliphatic carbocycles. The molecule has 78 valence electrons. The molecular formula is C11H23NO. The molecule has 0 saturated heterocycles. The van der Waals surface area contributed by atoms with Crippen molar-refractivity contribution in [3.05, 3.63) is 0 Å².